The molecular formula is C21H34N4O2. The maximum atomic E-state index is 12.4. The van der Waals surface area contributed by atoms with Crippen molar-refractivity contribution in [1.29, 1.82) is 0 Å². The van der Waals surface area contributed by atoms with Gasteiger partial charge in [-0.15, -0.1) is 0 Å². The summed E-state index contributed by atoms with van der Waals surface area (Å²) >= 11 is 0. The van der Waals surface area contributed by atoms with Crippen molar-refractivity contribution >= 4 is 5.91 Å². The fourth-order valence-electron chi connectivity index (χ4n) is 5.62. The van der Waals surface area contributed by atoms with E-state index in [1.54, 1.807) is 0 Å². The lowest BCUT2D eigenvalue weighted by Gasteiger charge is -2.30. The van der Waals surface area contributed by atoms with Crippen LogP contribution >= 0.6 is 0 Å². The van der Waals surface area contributed by atoms with Gasteiger partial charge in [0.1, 0.15) is 0 Å². The highest BCUT2D eigenvalue weighted by atomic mass is 16.5. The fourth-order valence-corrected chi connectivity index (χ4v) is 5.62. The van der Waals surface area contributed by atoms with Crippen LogP contribution in [-0.2, 0) is 22.6 Å². The number of aryl methyl sites for hydroxylation is 1. The molecule has 1 amide bonds. The molecule has 3 aliphatic heterocycles. The van der Waals surface area contributed by atoms with Crippen molar-refractivity contribution in [3.05, 3.63) is 18.0 Å². The van der Waals surface area contributed by atoms with Gasteiger partial charge >= 0.3 is 0 Å². The first-order valence-corrected chi connectivity index (χ1v) is 10.8. The molecule has 3 saturated heterocycles. The number of carbonyl (C=O) groups excluding carboxylic acids is 1. The van der Waals surface area contributed by atoms with Crippen molar-refractivity contribution in [1.82, 2.24) is 20.0 Å². The first-order chi connectivity index (χ1) is 13.1. The van der Waals surface area contributed by atoms with E-state index in [-0.39, 0.29) is 17.4 Å². The van der Waals surface area contributed by atoms with E-state index < -0.39 is 0 Å². The van der Waals surface area contributed by atoms with E-state index in [2.05, 4.69) is 42.3 Å². The number of hydrogen-bond donors (Lipinski definition) is 1. The monoisotopic (exact) mass is 374 g/mol. The van der Waals surface area contributed by atoms with Crippen LogP contribution in [0.25, 0.3) is 0 Å². The van der Waals surface area contributed by atoms with E-state index >= 15 is 0 Å². The quantitative estimate of drug-likeness (QED) is 0.759. The van der Waals surface area contributed by atoms with Crippen molar-refractivity contribution < 1.29 is 9.53 Å². The molecule has 150 valence electrons. The van der Waals surface area contributed by atoms with Gasteiger partial charge in [0.15, 0.2) is 0 Å². The maximum Gasteiger partial charge on any atom is 0.223 e. The number of hydrogen-bond acceptors (Lipinski definition) is 4. The summed E-state index contributed by atoms with van der Waals surface area (Å²) in [4.78, 5) is 15.0. The third-order valence-corrected chi connectivity index (χ3v) is 7.14. The molecule has 1 aromatic heterocycles. The summed E-state index contributed by atoms with van der Waals surface area (Å²) in [5, 5.41) is 7.65. The molecule has 0 saturated carbocycles. The molecule has 3 aliphatic rings. The van der Waals surface area contributed by atoms with Gasteiger partial charge in [0.05, 0.1) is 17.9 Å². The van der Waals surface area contributed by atoms with Gasteiger partial charge < -0.3 is 10.1 Å². The largest absolute Gasteiger partial charge is 0.370 e. The van der Waals surface area contributed by atoms with Crippen LogP contribution in [-0.4, -0.2) is 51.9 Å². The summed E-state index contributed by atoms with van der Waals surface area (Å²) in [7, 11) is 0. The van der Waals surface area contributed by atoms with Gasteiger partial charge in [0.25, 0.3) is 0 Å². The topological polar surface area (TPSA) is 59.4 Å². The van der Waals surface area contributed by atoms with Gasteiger partial charge in [-0.05, 0) is 32.6 Å². The summed E-state index contributed by atoms with van der Waals surface area (Å²) in [6.45, 7) is 11.0. The third-order valence-electron chi connectivity index (χ3n) is 7.14. The van der Waals surface area contributed by atoms with E-state index in [1.807, 2.05) is 10.9 Å². The minimum Gasteiger partial charge on any atom is -0.370 e. The number of ether oxygens (including phenoxy) is 1. The summed E-state index contributed by atoms with van der Waals surface area (Å²) in [6.07, 6.45) is 8.62. The standard InChI is InChI=1S/C21H34N4O2/c1-4-16(5-2)20(26)22-10-17-18-13-24(11-15-9-23-25(6-3)12-15)14-21(18)8-7-19(17)27-21/h9,12,16-19H,4-8,10-11,13-14H2,1-3H3,(H,22,26)/t17-,18+,19+,21+/m0/s1. The zero-order valence-corrected chi connectivity index (χ0v) is 17.0. The molecule has 6 nitrogen and oxygen atoms in total. The fraction of sp³-hybridized carbons (Fsp3) is 0.810. The second-order valence-corrected chi connectivity index (χ2v) is 8.66. The smallest absolute Gasteiger partial charge is 0.223 e. The summed E-state index contributed by atoms with van der Waals surface area (Å²) < 4.78 is 8.51. The van der Waals surface area contributed by atoms with Crippen LogP contribution < -0.4 is 5.32 Å². The number of likely N-dealkylation sites (tertiary alicyclic amines) is 1. The number of rotatable bonds is 8. The second kappa shape index (κ2) is 7.55. The Labute approximate surface area is 162 Å². The highest BCUT2D eigenvalue weighted by Gasteiger charge is 2.62. The van der Waals surface area contributed by atoms with E-state index in [9.17, 15) is 4.79 Å². The minimum atomic E-state index is 0.0235. The first kappa shape index (κ1) is 18.9. The molecule has 1 N–H and O–H groups in total. The maximum absolute atomic E-state index is 12.4. The molecule has 1 spiro atoms. The van der Waals surface area contributed by atoms with Gasteiger partial charge in [-0.1, -0.05) is 13.8 Å². The van der Waals surface area contributed by atoms with Gasteiger partial charge in [0.2, 0.25) is 5.91 Å². The lowest BCUT2D eigenvalue weighted by Crippen LogP contribution is -2.43. The van der Waals surface area contributed by atoms with Gasteiger partial charge in [-0.2, -0.15) is 5.10 Å². The Hall–Kier alpha value is -1.40. The molecule has 0 unspecified atom stereocenters. The zero-order chi connectivity index (χ0) is 19.0. The second-order valence-electron chi connectivity index (χ2n) is 8.66. The Kier molecular flexibility index (Phi) is 5.30. The average Bonchev–Trinajstić information content (AvgIpc) is 3.41. The Morgan fingerprint density at radius 3 is 2.93 bits per heavy atom. The predicted octanol–water partition coefficient (Wildman–Crippen LogP) is 2.43. The first-order valence-electron chi connectivity index (χ1n) is 10.8. The number of nitrogens with zero attached hydrogens (tertiary/aromatic N) is 3. The van der Waals surface area contributed by atoms with E-state index in [1.165, 1.54) is 12.0 Å². The van der Waals surface area contributed by atoms with Crippen LogP contribution in [0, 0.1) is 17.8 Å². The Morgan fingerprint density at radius 2 is 2.22 bits per heavy atom. The van der Waals surface area contributed by atoms with Gasteiger partial charge in [-0.3, -0.25) is 14.4 Å². The molecule has 4 rings (SSSR count). The highest BCUT2D eigenvalue weighted by Crippen LogP contribution is 2.54. The van der Waals surface area contributed by atoms with E-state index in [0.29, 0.717) is 17.9 Å². The zero-order valence-electron chi connectivity index (χ0n) is 17.0. The lowest BCUT2D eigenvalue weighted by molar-refractivity contribution is -0.125. The molecule has 4 heterocycles. The molecule has 6 heteroatoms. The molecule has 0 aromatic carbocycles. The summed E-state index contributed by atoms with van der Waals surface area (Å²) in [5.74, 6) is 1.37. The molecular weight excluding hydrogens is 340 g/mol. The van der Waals surface area contributed by atoms with Crippen LogP contribution in [0.2, 0.25) is 0 Å². The van der Waals surface area contributed by atoms with E-state index in [4.69, 9.17) is 4.74 Å². The van der Waals surface area contributed by atoms with Crippen LogP contribution in [0.1, 0.15) is 52.0 Å². The number of amides is 1. The van der Waals surface area contributed by atoms with Crippen molar-refractivity contribution in [3.63, 3.8) is 0 Å². The van der Waals surface area contributed by atoms with Gasteiger partial charge in [0, 0.05) is 62.2 Å². The average molecular weight is 375 g/mol. The van der Waals surface area contributed by atoms with Crippen LogP contribution in [0.3, 0.4) is 0 Å². The molecule has 2 bridgehead atoms. The highest BCUT2D eigenvalue weighted by molar-refractivity contribution is 5.78. The Morgan fingerprint density at radius 1 is 1.41 bits per heavy atom. The molecule has 3 fully saturated rings. The number of aromatic nitrogens is 2. The van der Waals surface area contributed by atoms with Crippen LogP contribution in [0.15, 0.2) is 12.4 Å². The normalized spacial score (nSPS) is 32.4. The number of carbonyl (C=O) groups is 1. The van der Waals surface area contributed by atoms with Crippen molar-refractivity contribution in [3.8, 4) is 0 Å². The molecule has 4 atom stereocenters. The molecule has 27 heavy (non-hydrogen) atoms. The third kappa shape index (κ3) is 3.42. The van der Waals surface area contributed by atoms with Gasteiger partial charge in [-0.25, -0.2) is 0 Å². The summed E-state index contributed by atoms with van der Waals surface area (Å²) in [6, 6.07) is 0. The minimum absolute atomic E-state index is 0.0235. The van der Waals surface area contributed by atoms with Crippen molar-refractivity contribution in [2.75, 3.05) is 19.6 Å². The molecule has 0 aliphatic carbocycles. The lowest BCUT2D eigenvalue weighted by atomic mass is 9.73. The predicted molar refractivity (Wildman–Crippen MR) is 104 cm³/mol. The van der Waals surface area contributed by atoms with E-state index in [0.717, 1.165) is 52.0 Å². The summed E-state index contributed by atoms with van der Waals surface area (Å²) in [5.41, 5.74) is 1.30. The Balaban J connectivity index is 1.38. The molecule has 0 radical (unpaired) electrons. The SMILES string of the molecule is CCC(CC)C(=O)NC[C@H]1[C@H]2CN(Cc3cnn(CC)c3)C[C@]23CC[C@H]1O3. The molecule has 1 aromatic rings. The number of nitrogens with one attached hydrogen (secondary N) is 1. The van der Waals surface area contributed by atoms with Crippen molar-refractivity contribution in [2.45, 2.75) is 71.2 Å². The number of fused-ring (bicyclic) bond motifs is 1. The van der Waals surface area contributed by atoms with Crippen LogP contribution in [0.5, 0.6) is 0 Å². The Bertz CT molecular complexity index is 671. The van der Waals surface area contributed by atoms with Crippen LogP contribution in [0.4, 0.5) is 0 Å². The van der Waals surface area contributed by atoms with Crippen molar-refractivity contribution in [2.24, 2.45) is 17.8 Å².